The van der Waals surface area contributed by atoms with Crippen LogP contribution in [0.1, 0.15) is 0 Å². The third kappa shape index (κ3) is 2.31. The molecule has 0 saturated heterocycles. The molecule has 8 heteroatoms. The Morgan fingerprint density at radius 2 is 2.19 bits per heavy atom. The Hall–Kier alpha value is -1.60. The van der Waals surface area contributed by atoms with Gasteiger partial charge in [0.2, 0.25) is 0 Å². The van der Waals surface area contributed by atoms with E-state index in [0.717, 1.165) is 11.8 Å². The van der Waals surface area contributed by atoms with E-state index in [9.17, 15) is 4.79 Å². The van der Waals surface area contributed by atoms with Gasteiger partial charge in [-0.15, -0.1) is 0 Å². The molecule has 0 aliphatic rings. The van der Waals surface area contributed by atoms with E-state index < -0.39 is 0 Å². The Bertz CT molecular complexity index is 572. The van der Waals surface area contributed by atoms with Gasteiger partial charge in [-0.1, -0.05) is 11.6 Å². The van der Waals surface area contributed by atoms with Gasteiger partial charge in [-0.05, 0) is 11.8 Å². The zero-order valence-corrected chi connectivity index (χ0v) is 9.42. The van der Waals surface area contributed by atoms with Crippen molar-refractivity contribution in [3.05, 3.63) is 34.0 Å². The molecule has 0 fully saturated rings. The number of H-pyrrole nitrogens is 1. The average Bonchev–Trinajstić information content (AvgIpc) is 2.25. The molecular weight excluding hydrogens is 250 g/mol. The Labute approximate surface area is 99.3 Å². The predicted octanol–water partition coefficient (Wildman–Crippen LogP) is 0.947. The number of halogens is 1. The fourth-order valence-electron chi connectivity index (χ4n) is 0.933. The van der Waals surface area contributed by atoms with Crippen LogP contribution in [-0.4, -0.2) is 19.9 Å². The van der Waals surface area contributed by atoms with Crippen molar-refractivity contribution in [1.82, 2.24) is 19.9 Å². The number of aromatic nitrogens is 4. The Morgan fingerprint density at radius 1 is 1.38 bits per heavy atom. The number of rotatable bonds is 2. The van der Waals surface area contributed by atoms with E-state index in [4.69, 9.17) is 17.3 Å². The molecule has 2 rings (SSSR count). The minimum absolute atomic E-state index is 0.192. The van der Waals surface area contributed by atoms with E-state index in [0.29, 0.717) is 10.2 Å². The third-order valence-electron chi connectivity index (χ3n) is 1.63. The minimum atomic E-state index is -0.240. The molecule has 82 valence electrons. The van der Waals surface area contributed by atoms with Crippen LogP contribution in [0.25, 0.3) is 0 Å². The van der Waals surface area contributed by atoms with Crippen molar-refractivity contribution in [2.75, 3.05) is 5.73 Å². The predicted molar refractivity (Wildman–Crippen MR) is 60.4 cm³/mol. The zero-order chi connectivity index (χ0) is 11.5. The van der Waals surface area contributed by atoms with Gasteiger partial charge in [0, 0.05) is 12.3 Å². The van der Waals surface area contributed by atoms with Gasteiger partial charge in [-0.25, -0.2) is 15.0 Å². The van der Waals surface area contributed by atoms with E-state index in [1.807, 2.05) is 0 Å². The Kier molecular flexibility index (Phi) is 3.07. The minimum Gasteiger partial charge on any atom is -0.382 e. The van der Waals surface area contributed by atoms with Crippen molar-refractivity contribution < 1.29 is 0 Å². The Morgan fingerprint density at radius 3 is 2.94 bits per heavy atom. The normalized spacial score (nSPS) is 10.3. The number of nitrogens with zero attached hydrogens (tertiary/aromatic N) is 3. The standard InChI is InChI=1S/C8H6ClN5OS/c9-5-6(10)12-3-13-7(5)16-8-11-2-1-4(15)14-8/h1-3H,(H2,10,12,13)(H,11,14,15). The van der Waals surface area contributed by atoms with Crippen LogP contribution in [0.5, 0.6) is 0 Å². The van der Waals surface area contributed by atoms with Crippen LogP contribution >= 0.6 is 23.4 Å². The number of hydrogen-bond donors (Lipinski definition) is 2. The lowest BCUT2D eigenvalue weighted by Gasteiger charge is -2.02. The van der Waals surface area contributed by atoms with Gasteiger partial charge in [0.05, 0.1) is 0 Å². The summed E-state index contributed by atoms with van der Waals surface area (Å²) < 4.78 is 0. The molecule has 0 aliphatic carbocycles. The van der Waals surface area contributed by atoms with Crippen LogP contribution < -0.4 is 11.3 Å². The van der Waals surface area contributed by atoms with Crippen LogP contribution in [0.15, 0.2) is 33.6 Å². The lowest BCUT2D eigenvalue weighted by Crippen LogP contribution is -2.05. The van der Waals surface area contributed by atoms with Crippen molar-refractivity contribution in [2.24, 2.45) is 0 Å². The second kappa shape index (κ2) is 4.50. The highest BCUT2D eigenvalue weighted by Gasteiger charge is 2.09. The van der Waals surface area contributed by atoms with Crippen LogP contribution in [0.4, 0.5) is 5.82 Å². The molecule has 6 nitrogen and oxygen atoms in total. The molecule has 0 amide bonds. The number of hydrogen-bond acceptors (Lipinski definition) is 6. The number of anilines is 1. The molecule has 0 spiro atoms. The van der Waals surface area contributed by atoms with E-state index in [1.54, 1.807) is 0 Å². The fourth-order valence-corrected chi connectivity index (χ4v) is 1.89. The topological polar surface area (TPSA) is 97.5 Å². The quantitative estimate of drug-likeness (QED) is 0.612. The van der Waals surface area contributed by atoms with E-state index in [1.165, 1.54) is 18.6 Å². The summed E-state index contributed by atoms with van der Waals surface area (Å²) in [5, 5.41) is 1.09. The van der Waals surface area contributed by atoms with Crippen LogP contribution in [-0.2, 0) is 0 Å². The van der Waals surface area contributed by atoms with Gasteiger partial charge >= 0.3 is 0 Å². The van der Waals surface area contributed by atoms with Crippen LogP contribution in [0.2, 0.25) is 5.02 Å². The van der Waals surface area contributed by atoms with E-state index in [-0.39, 0.29) is 16.4 Å². The highest BCUT2D eigenvalue weighted by molar-refractivity contribution is 7.99. The highest BCUT2D eigenvalue weighted by atomic mass is 35.5. The molecule has 0 saturated carbocycles. The summed E-state index contributed by atoms with van der Waals surface area (Å²) in [5.74, 6) is 0.192. The number of nitrogens with one attached hydrogen (secondary N) is 1. The van der Waals surface area contributed by atoms with Crippen LogP contribution in [0, 0.1) is 0 Å². The summed E-state index contributed by atoms with van der Waals surface area (Å²) in [5.41, 5.74) is 5.28. The Balaban J connectivity index is 2.34. The summed E-state index contributed by atoms with van der Waals surface area (Å²) in [6.45, 7) is 0. The molecular formula is C8H6ClN5OS. The fraction of sp³-hybridized carbons (Fsp3) is 0. The molecule has 0 bridgehead atoms. The maximum absolute atomic E-state index is 11.0. The summed E-state index contributed by atoms with van der Waals surface area (Å²) in [7, 11) is 0. The first kappa shape index (κ1) is 10.9. The molecule has 3 N–H and O–H groups in total. The van der Waals surface area contributed by atoms with Crippen molar-refractivity contribution in [3.63, 3.8) is 0 Å². The highest BCUT2D eigenvalue weighted by Crippen LogP contribution is 2.30. The first-order valence-corrected chi connectivity index (χ1v) is 5.35. The molecule has 0 atom stereocenters. The molecule has 0 unspecified atom stereocenters. The smallest absolute Gasteiger partial charge is 0.251 e. The summed E-state index contributed by atoms with van der Waals surface area (Å²) in [6.07, 6.45) is 2.70. The summed E-state index contributed by atoms with van der Waals surface area (Å²) in [4.78, 5) is 25.2. The SMILES string of the molecule is Nc1ncnc(Sc2nccc(=O)[nH]2)c1Cl. The summed E-state index contributed by atoms with van der Waals surface area (Å²) in [6, 6.07) is 1.32. The summed E-state index contributed by atoms with van der Waals surface area (Å²) >= 11 is 7.01. The van der Waals surface area contributed by atoms with E-state index >= 15 is 0 Å². The maximum atomic E-state index is 11.0. The van der Waals surface area contributed by atoms with Crippen molar-refractivity contribution in [3.8, 4) is 0 Å². The number of nitrogens with two attached hydrogens (primary N) is 1. The molecule has 16 heavy (non-hydrogen) atoms. The first-order valence-electron chi connectivity index (χ1n) is 4.16. The van der Waals surface area contributed by atoms with Crippen molar-refractivity contribution in [2.45, 2.75) is 10.2 Å². The molecule has 2 aromatic rings. The lowest BCUT2D eigenvalue weighted by atomic mass is 10.6. The second-order valence-corrected chi connectivity index (χ2v) is 4.07. The van der Waals surface area contributed by atoms with Crippen molar-refractivity contribution in [1.29, 1.82) is 0 Å². The molecule has 0 aliphatic heterocycles. The monoisotopic (exact) mass is 255 g/mol. The molecule has 2 aromatic heterocycles. The first-order chi connectivity index (χ1) is 7.66. The molecule has 2 heterocycles. The van der Waals surface area contributed by atoms with Gasteiger partial charge in [-0.2, -0.15) is 0 Å². The lowest BCUT2D eigenvalue weighted by molar-refractivity contribution is 0.929. The van der Waals surface area contributed by atoms with Gasteiger partial charge in [0.25, 0.3) is 5.56 Å². The maximum Gasteiger partial charge on any atom is 0.251 e. The average molecular weight is 256 g/mol. The number of nitrogen functional groups attached to an aromatic ring is 1. The van der Waals surface area contributed by atoms with E-state index in [2.05, 4.69) is 19.9 Å². The van der Waals surface area contributed by atoms with Gasteiger partial charge in [0.1, 0.15) is 22.2 Å². The largest absolute Gasteiger partial charge is 0.382 e. The van der Waals surface area contributed by atoms with Gasteiger partial charge in [-0.3, -0.25) is 4.79 Å². The molecule has 0 radical (unpaired) electrons. The third-order valence-corrected chi connectivity index (χ3v) is 3.01. The van der Waals surface area contributed by atoms with Crippen LogP contribution in [0.3, 0.4) is 0 Å². The number of aromatic amines is 1. The second-order valence-electron chi connectivity index (χ2n) is 2.72. The van der Waals surface area contributed by atoms with Gasteiger partial charge in [0.15, 0.2) is 5.16 Å². The van der Waals surface area contributed by atoms with Gasteiger partial charge < -0.3 is 10.7 Å². The molecule has 0 aromatic carbocycles. The zero-order valence-electron chi connectivity index (χ0n) is 7.85. The van der Waals surface area contributed by atoms with Crippen molar-refractivity contribution >= 4 is 29.2 Å².